The van der Waals surface area contributed by atoms with Gasteiger partial charge in [0.15, 0.2) is 0 Å². The first-order valence-electron chi connectivity index (χ1n) is 6.24. The number of aromatic nitrogens is 3. The minimum atomic E-state index is -1.03. The molecule has 2 aromatic rings. The predicted molar refractivity (Wildman–Crippen MR) is 73.9 cm³/mol. The van der Waals surface area contributed by atoms with Crippen LogP contribution in [0.25, 0.3) is 0 Å². The third-order valence-corrected chi connectivity index (χ3v) is 2.84. The normalized spacial score (nSPS) is 10.2. The zero-order chi connectivity index (χ0) is 15.4. The molecular weight excluding hydrogens is 272 g/mol. The fourth-order valence-corrected chi connectivity index (χ4v) is 1.75. The number of nitrogens with zero attached hydrogens (tertiary/aromatic N) is 3. The minimum Gasteiger partial charge on any atom is -0.478 e. The lowest BCUT2D eigenvalue weighted by molar-refractivity contribution is 0.0696. The first kappa shape index (κ1) is 14.6. The molecule has 2 rings (SSSR count). The molecule has 0 saturated heterocycles. The summed E-state index contributed by atoms with van der Waals surface area (Å²) in [6.07, 6.45) is 1.40. The lowest BCUT2D eigenvalue weighted by Crippen LogP contribution is -2.25. The zero-order valence-corrected chi connectivity index (χ0v) is 11.6. The highest BCUT2D eigenvalue weighted by Gasteiger charge is 2.11. The molecule has 0 unspecified atom stereocenters. The number of pyridine rings is 1. The molecule has 7 nitrogen and oxygen atoms in total. The van der Waals surface area contributed by atoms with Crippen molar-refractivity contribution in [1.29, 1.82) is 0 Å². The number of carbonyl (C=O) groups excluding carboxylic acids is 1. The van der Waals surface area contributed by atoms with Crippen LogP contribution < -0.4 is 5.32 Å². The molecule has 0 aromatic carbocycles. The summed E-state index contributed by atoms with van der Waals surface area (Å²) >= 11 is 0. The Morgan fingerprint density at radius 1 is 1.24 bits per heavy atom. The van der Waals surface area contributed by atoms with Crippen LogP contribution in [0.4, 0.5) is 0 Å². The molecule has 0 fully saturated rings. The van der Waals surface area contributed by atoms with E-state index in [1.807, 2.05) is 0 Å². The molecule has 0 spiro atoms. The molecular formula is C14H14N4O3. The Morgan fingerprint density at radius 3 is 2.71 bits per heavy atom. The number of carboxylic acids is 1. The maximum Gasteiger partial charge on any atom is 0.335 e. The topological polar surface area (TPSA) is 105 Å². The summed E-state index contributed by atoms with van der Waals surface area (Å²) in [6.45, 7) is 3.59. The Labute approximate surface area is 121 Å². The molecule has 0 radical (unpaired) electrons. The van der Waals surface area contributed by atoms with Crippen molar-refractivity contribution in [2.75, 3.05) is 0 Å². The summed E-state index contributed by atoms with van der Waals surface area (Å²) in [6, 6.07) is 4.47. The van der Waals surface area contributed by atoms with E-state index in [1.54, 1.807) is 19.9 Å². The van der Waals surface area contributed by atoms with Gasteiger partial charge >= 0.3 is 5.97 Å². The van der Waals surface area contributed by atoms with Gasteiger partial charge in [-0.25, -0.2) is 4.79 Å². The van der Waals surface area contributed by atoms with Crippen LogP contribution in [0.1, 0.15) is 37.8 Å². The van der Waals surface area contributed by atoms with Gasteiger partial charge < -0.3 is 10.4 Å². The van der Waals surface area contributed by atoms with Gasteiger partial charge in [-0.05, 0) is 32.0 Å². The number of hydrogen-bond acceptors (Lipinski definition) is 5. The standard InChI is InChI=1S/C14H14N4O3/c1-8-5-12(9(2)18-17-8)13(19)16-7-11-6-10(14(20)21)3-4-15-11/h3-6H,7H2,1-2H3,(H,16,19)(H,20,21). The molecule has 0 saturated carbocycles. The first-order valence-corrected chi connectivity index (χ1v) is 6.24. The first-order chi connectivity index (χ1) is 9.97. The second-order valence-electron chi connectivity index (χ2n) is 4.51. The molecule has 0 aliphatic rings. The van der Waals surface area contributed by atoms with E-state index in [0.717, 1.165) is 0 Å². The van der Waals surface area contributed by atoms with E-state index in [-0.39, 0.29) is 18.0 Å². The number of carboxylic acid groups (broad SMARTS) is 1. The Morgan fingerprint density at radius 2 is 2.00 bits per heavy atom. The van der Waals surface area contributed by atoms with Crippen LogP contribution in [-0.4, -0.2) is 32.2 Å². The molecule has 0 aliphatic heterocycles. The van der Waals surface area contributed by atoms with Gasteiger partial charge in [-0.1, -0.05) is 0 Å². The Balaban J connectivity index is 2.09. The van der Waals surface area contributed by atoms with Crippen LogP contribution in [0.5, 0.6) is 0 Å². The van der Waals surface area contributed by atoms with Crippen molar-refractivity contribution >= 4 is 11.9 Å². The van der Waals surface area contributed by atoms with Gasteiger partial charge in [0, 0.05) is 6.20 Å². The lowest BCUT2D eigenvalue weighted by atomic mass is 10.2. The third-order valence-electron chi connectivity index (χ3n) is 2.84. The van der Waals surface area contributed by atoms with Crippen LogP contribution in [0, 0.1) is 13.8 Å². The molecule has 0 bridgehead atoms. The highest BCUT2D eigenvalue weighted by atomic mass is 16.4. The van der Waals surface area contributed by atoms with E-state index in [1.165, 1.54) is 18.3 Å². The van der Waals surface area contributed by atoms with Crippen molar-refractivity contribution in [1.82, 2.24) is 20.5 Å². The zero-order valence-electron chi connectivity index (χ0n) is 11.6. The smallest absolute Gasteiger partial charge is 0.335 e. The molecule has 0 atom stereocenters. The van der Waals surface area contributed by atoms with E-state index < -0.39 is 5.97 Å². The second-order valence-corrected chi connectivity index (χ2v) is 4.51. The Hall–Kier alpha value is -2.83. The van der Waals surface area contributed by atoms with Gasteiger partial charge in [-0.2, -0.15) is 10.2 Å². The van der Waals surface area contributed by atoms with Crippen molar-refractivity contribution in [3.05, 3.63) is 52.6 Å². The third kappa shape index (κ3) is 3.59. The predicted octanol–water partition coefficient (Wildman–Crippen LogP) is 1.12. The maximum atomic E-state index is 12.1. The van der Waals surface area contributed by atoms with Gasteiger partial charge in [0.25, 0.3) is 5.91 Å². The average molecular weight is 286 g/mol. The fraction of sp³-hybridized carbons (Fsp3) is 0.214. The van der Waals surface area contributed by atoms with Crippen molar-refractivity contribution in [2.24, 2.45) is 0 Å². The SMILES string of the molecule is Cc1cc(C(=O)NCc2cc(C(=O)O)ccn2)c(C)nn1. The summed E-state index contributed by atoms with van der Waals surface area (Å²) in [5.74, 6) is -1.33. The van der Waals surface area contributed by atoms with Crippen molar-refractivity contribution < 1.29 is 14.7 Å². The number of rotatable bonds is 4. The number of hydrogen-bond donors (Lipinski definition) is 2. The van der Waals surface area contributed by atoms with Gasteiger partial charge in [0.05, 0.1) is 34.8 Å². The molecule has 108 valence electrons. The Kier molecular flexibility index (Phi) is 4.22. The van der Waals surface area contributed by atoms with E-state index in [0.29, 0.717) is 22.6 Å². The van der Waals surface area contributed by atoms with Gasteiger partial charge in [-0.3, -0.25) is 9.78 Å². The highest BCUT2D eigenvalue weighted by Crippen LogP contribution is 2.06. The summed E-state index contributed by atoms with van der Waals surface area (Å²) < 4.78 is 0. The molecule has 2 heterocycles. The minimum absolute atomic E-state index is 0.131. The van der Waals surface area contributed by atoms with Crippen molar-refractivity contribution in [3.8, 4) is 0 Å². The molecule has 2 aromatic heterocycles. The van der Waals surface area contributed by atoms with E-state index >= 15 is 0 Å². The summed E-state index contributed by atoms with van der Waals surface area (Å²) in [7, 11) is 0. The van der Waals surface area contributed by atoms with Gasteiger partial charge in [0.1, 0.15) is 0 Å². The number of aromatic carboxylic acids is 1. The molecule has 21 heavy (non-hydrogen) atoms. The van der Waals surface area contributed by atoms with Crippen molar-refractivity contribution in [2.45, 2.75) is 20.4 Å². The fourth-order valence-electron chi connectivity index (χ4n) is 1.75. The largest absolute Gasteiger partial charge is 0.478 e. The van der Waals surface area contributed by atoms with Crippen LogP contribution in [0.2, 0.25) is 0 Å². The Bertz CT molecular complexity index is 700. The van der Waals surface area contributed by atoms with Crippen LogP contribution in [-0.2, 0) is 6.54 Å². The number of amides is 1. The van der Waals surface area contributed by atoms with Crippen LogP contribution in [0.15, 0.2) is 24.4 Å². The average Bonchev–Trinajstić information content (AvgIpc) is 2.47. The monoisotopic (exact) mass is 286 g/mol. The van der Waals surface area contributed by atoms with Crippen LogP contribution in [0.3, 0.4) is 0 Å². The number of aryl methyl sites for hydroxylation is 2. The van der Waals surface area contributed by atoms with E-state index in [9.17, 15) is 9.59 Å². The van der Waals surface area contributed by atoms with E-state index in [4.69, 9.17) is 5.11 Å². The van der Waals surface area contributed by atoms with Crippen molar-refractivity contribution in [3.63, 3.8) is 0 Å². The van der Waals surface area contributed by atoms with Gasteiger partial charge in [-0.15, -0.1) is 0 Å². The van der Waals surface area contributed by atoms with Crippen LogP contribution >= 0.6 is 0 Å². The molecule has 2 N–H and O–H groups in total. The highest BCUT2D eigenvalue weighted by molar-refractivity contribution is 5.95. The summed E-state index contributed by atoms with van der Waals surface area (Å²) in [5.41, 5.74) is 2.23. The molecule has 1 amide bonds. The number of carbonyl (C=O) groups is 2. The summed E-state index contributed by atoms with van der Waals surface area (Å²) in [4.78, 5) is 27.0. The van der Waals surface area contributed by atoms with Gasteiger partial charge in [0.2, 0.25) is 0 Å². The number of nitrogens with one attached hydrogen (secondary N) is 1. The quantitative estimate of drug-likeness (QED) is 0.872. The van der Waals surface area contributed by atoms with E-state index in [2.05, 4.69) is 20.5 Å². The molecule has 0 aliphatic carbocycles. The lowest BCUT2D eigenvalue weighted by Gasteiger charge is -2.07. The second kappa shape index (κ2) is 6.08. The molecule has 7 heteroatoms. The summed E-state index contributed by atoms with van der Waals surface area (Å²) in [5, 5.41) is 19.3. The maximum absolute atomic E-state index is 12.1.